The molecule has 20 heavy (non-hydrogen) atoms. The zero-order valence-electron chi connectivity index (χ0n) is 11.2. The Bertz CT molecular complexity index is 639. The van der Waals surface area contributed by atoms with Gasteiger partial charge >= 0.3 is 0 Å². The fourth-order valence-electron chi connectivity index (χ4n) is 3.14. The van der Waals surface area contributed by atoms with E-state index < -0.39 is 0 Å². The Morgan fingerprint density at radius 2 is 1.90 bits per heavy atom. The Morgan fingerprint density at radius 3 is 2.70 bits per heavy atom. The molecule has 0 amide bonds. The first kappa shape index (κ1) is 13.9. The number of halogens is 2. The maximum Gasteiger partial charge on any atom is 0.0453 e. The largest absolute Gasteiger partial charge is 0.321 e. The van der Waals surface area contributed by atoms with Gasteiger partial charge in [0.05, 0.1) is 0 Å². The summed E-state index contributed by atoms with van der Waals surface area (Å²) in [6.07, 6.45) is 3.98. The molecule has 0 saturated heterocycles. The monoisotopic (exact) mass is 305 g/mol. The van der Waals surface area contributed by atoms with Gasteiger partial charge in [-0.15, -0.1) is 0 Å². The van der Waals surface area contributed by atoms with E-state index in [1.165, 1.54) is 11.1 Å². The van der Waals surface area contributed by atoms with Crippen LogP contribution < -0.4 is 5.73 Å². The highest BCUT2D eigenvalue weighted by Crippen LogP contribution is 2.37. The summed E-state index contributed by atoms with van der Waals surface area (Å²) in [4.78, 5) is 0. The standard InChI is InChI=1S/C17H17Cl2N/c18-14-8-7-13(16(19)10-14)11-17(20)9-3-5-12-4-1-2-6-15(12)17/h1-2,4,6-8,10H,3,5,9,11,20H2. The first-order valence-corrected chi connectivity index (χ1v) is 7.65. The van der Waals surface area contributed by atoms with Crippen LogP contribution in [0, 0.1) is 0 Å². The molecule has 3 rings (SSSR count). The Labute approximate surface area is 129 Å². The Balaban J connectivity index is 1.98. The minimum Gasteiger partial charge on any atom is -0.321 e. The summed E-state index contributed by atoms with van der Waals surface area (Å²) < 4.78 is 0. The van der Waals surface area contributed by atoms with Crippen molar-refractivity contribution in [2.75, 3.05) is 0 Å². The van der Waals surface area contributed by atoms with Crippen LogP contribution in [0.4, 0.5) is 0 Å². The second-order valence-corrected chi connectivity index (χ2v) is 6.42. The van der Waals surface area contributed by atoms with Gasteiger partial charge in [-0.05, 0) is 54.5 Å². The van der Waals surface area contributed by atoms with E-state index in [2.05, 4.69) is 24.3 Å². The molecule has 3 heteroatoms. The topological polar surface area (TPSA) is 26.0 Å². The number of hydrogen-bond donors (Lipinski definition) is 1. The summed E-state index contributed by atoms with van der Waals surface area (Å²) in [5.74, 6) is 0. The van der Waals surface area contributed by atoms with Crippen LogP contribution >= 0.6 is 23.2 Å². The Morgan fingerprint density at radius 1 is 1.10 bits per heavy atom. The molecular formula is C17H17Cl2N. The molecule has 2 aromatic carbocycles. The quantitative estimate of drug-likeness (QED) is 0.853. The molecule has 1 aliphatic rings. The molecular weight excluding hydrogens is 289 g/mol. The van der Waals surface area contributed by atoms with Crippen LogP contribution in [0.1, 0.15) is 29.5 Å². The lowest BCUT2D eigenvalue weighted by atomic mass is 9.74. The predicted molar refractivity (Wildman–Crippen MR) is 85.4 cm³/mol. The Kier molecular flexibility index (Phi) is 3.76. The maximum absolute atomic E-state index is 6.72. The lowest BCUT2D eigenvalue weighted by molar-refractivity contribution is 0.369. The molecule has 104 valence electrons. The summed E-state index contributed by atoms with van der Waals surface area (Å²) in [7, 11) is 0. The van der Waals surface area contributed by atoms with Crippen LogP contribution in [0.15, 0.2) is 42.5 Å². The number of nitrogens with two attached hydrogens (primary N) is 1. The van der Waals surface area contributed by atoms with Gasteiger partial charge in [-0.3, -0.25) is 0 Å². The van der Waals surface area contributed by atoms with E-state index in [0.29, 0.717) is 10.0 Å². The van der Waals surface area contributed by atoms with E-state index in [4.69, 9.17) is 28.9 Å². The SMILES string of the molecule is NC1(Cc2ccc(Cl)cc2Cl)CCCc2ccccc21. The van der Waals surface area contributed by atoms with Gasteiger partial charge in [0.2, 0.25) is 0 Å². The zero-order chi connectivity index (χ0) is 14.2. The number of fused-ring (bicyclic) bond motifs is 1. The lowest BCUT2D eigenvalue weighted by Gasteiger charge is -2.36. The molecule has 0 saturated carbocycles. The van der Waals surface area contributed by atoms with Crippen molar-refractivity contribution in [3.8, 4) is 0 Å². The Hall–Kier alpha value is -1.02. The second kappa shape index (κ2) is 5.40. The summed E-state index contributed by atoms with van der Waals surface area (Å²) in [5.41, 5.74) is 10.1. The summed E-state index contributed by atoms with van der Waals surface area (Å²) in [5, 5.41) is 1.36. The molecule has 2 N–H and O–H groups in total. The third kappa shape index (κ3) is 2.58. The molecule has 1 nitrogen and oxygen atoms in total. The number of hydrogen-bond acceptors (Lipinski definition) is 1. The smallest absolute Gasteiger partial charge is 0.0453 e. The lowest BCUT2D eigenvalue weighted by Crippen LogP contribution is -2.42. The number of benzene rings is 2. The molecule has 0 heterocycles. The number of rotatable bonds is 2. The summed E-state index contributed by atoms with van der Waals surface area (Å²) in [6, 6.07) is 14.1. The van der Waals surface area contributed by atoms with Crippen LogP contribution in [0.3, 0.4) is 0 Å². The highest BCUT2D eigenvalue weighted by molar-refractivity contribution is 6.35. The van der Waals surface area contributed by atoms with Crippen molar-refractivity contribution in [2.24, 2.45) is 5.73 Å². The molecule has 0 radical (unpaired) electrons. The third-order valence-electron chi connectivity index (χ3n) is 4.14. The van der Waals surface area contributed by atoms with Crippen molar-refractivity contribution in [3.05, 3.63) is 69.2 Å². The molecule has 1 unspecified atom stereocenters. The van der Waals surface area contributed by atoms with Crippen LogP contribution in [-0.4, -0.2) is 0 Å². The predicted octanol–water partition coefficient (Wildman–Crippen LogP) is 4.73. The fraction of sp³-hybridized carbons (Fsp3) is 0.294. The van der Waals surface area contributed by atoms with E-state index in [9.17, 15) is 0 Å². The summed E-state index contributed by atoms with van der Waals surface area (Å²) in [6.45, 7) is 0. The van der Waals surface area contributed by atoms with Gasteiger partial charge in [-0.1, -0.05) is 53.5 Å². The molecule has 1 aliphatic carbocycles. The minimum atomic E-state index is -0.327. The van der Waals surface area contributed by atoms with Crippen molar-refractivity contribution >= 4 is 23.2 Å². The third-order valence-corrected chi connectivity index (χ3v) is 4.73. The van der Waals surface area contributed by atoms with Gasteiger partial charge in [0.1, 0.15) is 0 Å². The molecule has 0 spiro atoms. The van der Waals surface area contributed by atoms with Crippen molar-refractivity contribution in [2.45, 2.75) is 31.2 Å². The van der Waals surface area contributed by atoms with Gasteiger partial charge in [-0.2, -0.15) is 0 Å². The molecule has 2 aromatic rings. The van der Waals surface area contributed by atoms with Gasteiger partial charge < -0.3 is 5.73 Å². The van der Waals surface area contributed by atoms with Crippen LogP contribution in [-0.2, 0) is 18.4 Å². The van der Waals surface area contributed by atoms with Crippen molar-refractivity contribution in [3.63, 3.8) is 0 Å². The average molecular weight is 306 g/mol. The minimum absolute atomic E-state index is 0.327. The van der Waals surface area contributed by atoms with Gasteiger partial charge in [0, 0.05) is 15.6 Å². The van der Waals surface area contributed by atoms with E-state index >= 15 is 0 Å². The molecule has 0 aromatic heterocycles. The first-order valence-electron chi connectivity index (χ1n) is 6.90. The van der Waals surface area contributed by atoms with Crippen molar-refractivity contribution < 1.29 is 0 Å². The molecule has 0 fully saturated rings. The van der Waals surface area contributed by atoms with Crippen LogP contribution in [0.5, 0.6) is 0 Å². The molecule has 1 atom stereocenters. The van der Waals surface area contributed by atoms with Crippen LogP contribution in [0.2, 0.25) is 10.0 Å². The van der Waals surface area contributed by atoms with E-state index in [1.54, 1.807) is 6.07 Å². The normalized spacial score (nSPS) is 21.6. The van der Waals surface area contributed by atoms with E-state index in [-0.39, 0.29) is 5.54 Å². The average Bonchev–Trinajstić information content (AvgIpc) is 2.43. The molecule has 0 aliphatic heterocycles. The highest BCUT2D eigenvalue weighted by Gasteiger charge is 2.33. The fourth-order valence-corrected chi connectivity index (χ4v) is 3.62. The highest BCUT2D eigenvalue weighted by atomic mass is 35.5. The van der Waals surface area contributed by atoms with E-state index in [0.717, 1.165) is 31.2 Å². The van der Waals surface area contributed by atoms with Crippen LogP contribution in [0.25, 0.3) is 0 Å². The second-order valence-electron chi connectivity index (χ2n) is 5.58. The molecule has 0 bridgehead atoms. The van der Waals surface area contributed by atoms with E-state index in [1.807, 2.05) is 12.1 Å². The maximum atomic E-state index is 6.72. The number of aryl methyl sites for hydroxylation is 1. The van der Waals surface area contributed by atoms with Gasteiger partial charge in [-0.25, -0.2) is 0 Å². The first-order chi connectivity index (χ1) is 9.58. The van der Waals surface area contributed by atoms with Gasteiger partial charge in [0.25, 0.3) is 0 Å². The zero-order valence-corrected chi connectivity index (χ0v) is 12.7. The van der Waals surface area contributed by atoms with Gasteiger partial charge in [0.15, 0.2) is 0 Å². The summed E-state index contributed by atoms with van der Waals surface area (Å²) >= 11 is 12.3. The van der Waals surface area contributed by atoms with Crippen molar-refractivity contribution in [1.29, 1.82) is 0 Å². The van der Waals surface area contributed by atoms with Crippen molar-refractivity contribution in [1.82, 2.24) is 0 Å².